The summed E-state index contributed by atoms with van der Waals surface area (Å²) in [6, 6.07) is 5.07. The van der Waals surface area contributed by atoms with Crippen molar-refractivity contribution in [3.63, 3.8) is 0 Å². The molecule has 2 heterocycles. The summed E-state index contributed by atoms with van der Waals surface area (Å²) in [6.45, 7) is 11.0. The maximum absolute atomic E-state index is 12.6. The van der Waals surface area contributed by atoms with E-state index in [9.17, 15) is 9.59 Å². The smallest absolute Gasteiger partial charge is 0.407 e. The summed E-state index contributed by atoms with van der Waals surface area (Å²) in [5.41, 5.74) is 2.34. The van der Waals surface area contributed by atoms with Crippen molar-refractivity contribution in [2.75, 3.05) is 32.1 Å². The van der Waals surface area contributed by atoms with Crippen LogP contribution in [-0.2, 0) is 9.53 Å². The molecule has 36 heavy (non-hydrogen) atoms. The predicted molar refractivity (Wildman–Crippen MR) is 138 cm³/mol. The number of aryl methyl sites for hydroxylation is 1. The number of rotatable bonds is 12. The highest BCUT2D eigenvalue weighted by molar-refractivity contribution is 5.86. The molecule has 11 heteroatoms. The van der Waals surface area contributed by atoms with Crippen molar-refractivity contribution in [2.45, 2.75) is 53.5 Å². The van der Waals surface area contributed by atoms with Gasteiger partial charge in [-0.3, -0.25) is 9.20 Å². The number of methoxy groups -OCH3 is 1. The number of alkyl carbamates (subject to hydrolysis) is 1. The second-order valence-corrected chi connectivity index (χ2v) is 9.50. The lowest BCUT2D eigenvalue weighted by atomic mass is 10.0. The molecular formula is C25H37N7O4. The molecule has 11 nitrogen and oxygen atoms in total. The van der Waals surface area contributed by atoms with Gasteiger partial charge in [0.05, 0.1) is 24.8 Å². The summed E-state index contributed by atoms with van der Waals surface area (Å²) in [7, 11) is 1.62. The number of nitrogens with one attached hydrogen (secondary N) is 3. The van der Waals surface area contributed by atoms with Crippen molar-refractivity contribution < 1.29 is 19.1 Å². The number of amides is 2. The lowest BCUT2D eigenvalue weighted by molar-refractivity contribution is -0.124. The van der Waals surface area contributed by atoms with Gasteiger partial charge in [0.15, 0.2) is 5.82 Å². The number of carbonyl (C=O) groups is 2. The van der Waals surface area contributed by atoms with E-state index in [0.29, 0.717) is 31.2 Å². The van der Waals surface area contributed by atoms with Crippen molar-refractivity contribution in [1.29, 1.82) is 0 Å². The molecule has 0 saturated carbocycles. The second-order valence-electron chi connectivity index (χ2n) is 9.50. The standard InChI is InChI=1S/C25H37N7O4/c1-15(2)14-36-25(34)29-21(16(3)4)24(33)27-12-8-7-11-26-22-23-31-30-17(5)32(23)20-10-9-18(35-6)13-19(20)28-22/h9-10,13,15-16,21H,7-8,11-12,14H2,1-6H3,(H,26,28)(H,27,33)(H,29,34). The van der Waals surface area contributed by atoms with Crippen LogP contribution in [0.2, 0.25) is 0 Å². The number of benzene rings is 1. The number of ether oxygens (including phenoxy) is 2. The van der Waals surface area contributed by atoms with Crippen LogP contribution in [0.5, 0.6) is 5.75 Å². The molecule has 1 aromatic carbocycles. The first-order chi connectivity index (χ1) is 17.2. The third-order valence-corrected chi connectivity index (χ3v) is 5.66. The number of fused-ring (bicyclic) bond motifs is 3. The highest BCUT2D eigenvalue weighted by atomic mass is 16.5. The number of unbranched alkanes of at least 4 members (excludes halogenated alkanes) is 1. The molecule has 0 fully saturated rings. The maximum Gasteiger partial charge on any atom is 0.407 e. The number of aromatic nitrogens is 4. The van der Waals surface area contributed by atoms with E-state index < -0.39 is 12.1 Å². The number of anilines is 1. The molecule has 1 atom stereocenters. The second kappa shape index (κ2) is 12.4. The van der Waals surface area contributed by atoms with E-state index in [0.717, 1.165) is 35.4 Å². The largest absolute Gasteiger partial charge is 0.497 e. The van der Waals surface area contributed by atoms with Gasteiger partial charge in [-0.2, -0.15) is 0 Å². The lowest BCUT2D eigenvalue weighted by Crippen LogP contribution is -2.50. The van der Waals surface area contributed by atoms with Crippen LogP contribution in [0.15, 0.2) is 18.2 Å². The summed E-state index contributed by atoms with van der Waals surface area (Å²) < 4.78 is 12.5. The van der Waals surface area contributed by atoms with E-state index in [-0.39, 0.29) is 17.7 Å². The molecule has 3 aromatic rings. The SMILES string of the molecule is COc1ccc2c(c1)nc(NCCCCNC(=O)C(NC(=O)OCC(C)C)C(C)C)c1nnc(C)n12. The first kappa shape index (κ1) is 27.0. The number of hydrogen-bond acceptors (Lipinski definition) is 8. The minimum absolute atomic E-state index is 0.0649. The molecule has 0 saturated heterocycles. The summed E-state index contributed by atoms with van der Waals surface area (Å²) in [4.78, 5) is 29.3. The maximum atomic E-state index is 12.6. The van der Waals surface area contributed by atoms with E-state index in [2.05, 4.69) is 26.1 Å². The predicted octanol–water partition coefficient (Wildman–Crippen LogP) is 3.31. The molecule has 196 valence electrons. The Bertz CT molecular complexity index is 1190. The molecule has 2 aromatic heterocycles. The third-order valence-electron chi connectivity index (χ3n) is 5.66. The Morgan fingerprint density at radius 2 is 1.83 bits per heavy atom. The summed E-state index contributed by atoms with van der Waals surface area (Å²) in [6.07, 6.45) is 0.982. The third kappa shape index (κ3) is 6.73. The van der Waals surface area contributed by atoms with Gasteiger partial charge < -0.3 is 25.4 Å². The van der Waals surface area contributed by atoms with Crippen LogP contribution in [0.25, 0.3) is 16.7 Å². The molecular weight excluding hydrogens is 462 g/mol. The van der Waals surface area contributed by atoms with Gasteiger partial charge in [0.1, 0.15) is 17.6 Å². The quantitative estimate of drug-likeness (QED) is 0.324. The van der Waals surface area contributed by atoms with Gasteiger partial charge in [-0.05, 0) is 43.7 Å². The van der Waals surface area contributed by atoms with Crippen LogP contribution in [0, 0.1) is 18.8 Å². The Labute approximate surface area is 211 Å². The van der Waals surface area contributed by atoms with Crippen LogP contribution in [0.1, 0.15) is 46.4 Å². The summed E-state index contributed by atoms with van der Waals surface area (Å²) in [5, 5.41) is 17.4. The van der Waals surface area contributed by atoms with E-state index in [1.807, 2.05) is 57.2 Å². The van der Waals surface area contributed by atoms with Crippen LogP contribution < -0.4 is 20.7 Å². The first-order valence-electron chi connectivity index (χ1n) is 12.4. The fourth-order valence-corrected chi connectivity index (χ4v) is 3.73. The molecule has 1 unspecified atom stereocenters. The van der Waals surface area contributed by atoms with E-state index in [1.54, 1.807) is 7.11 Å². The van der Waals surface area contributed by atoms with Gasteiger partial charge in [0.25, 0.3) is 0 Å². The fraction of sp³-hybridized carbons (Fsp3) is 0.560. The molecule has 3 rings (SSSR count). The number of carbonyl (C=O) groups excluding carboxylic acids is 2. The van der Waals surface area contributed by atoms with E-state index in [4.69, 9.17) is 14.5 Å². The summed E-state index contributed by atoms with van der Waals surface area (Å²) in [5.74, 6) is 2.09. The highest BCUT2D eigenvalue weighted by Crippen LogP contribution is 2.25. The number of nitrogens with zero attached hydrogens (tertiary/aromatic N) is 4. The first-order valence-corrected chi connectivity index (χ1v) is 12.4. The van der Waals surface area contributed by atoms with Crippen LogP contribution >= 0.6 is 0 Å². The lowest BCUT2D eigenvalue weighted by Gasteiger charge is -2.21. The van der Waals surface area contributed by atoms with Crippen molar-refractivity contribution in [1.82, 2.24) is 30.2 Å². The monoisotopic (exact) mass is 499 g/mol. The van der Waals surface area contributed by atoms with Gasteiger partial charge in [-0.1, -0.05) is 27.7 Å². The molecule has 0 aliphatic heterocycles. The van der Waals surface area contributed by atoms with Gasteiger partial charge in [0, 0.05) is 19.2 Å². The Morgan fingerprint density at radius 1 is 1.08 bits per heavy atom. The van der Waals surface area contributed by atoms with Crippen molar-refractivity contribution in [2.24, 2.45) is 11.8 Å². The fourth-order valence-electron chi connectivity index (χ4n) is 3.73. The minimum Gasteiger partial charge on any atom is -0.497 e. The number of hydrogen-bond donors (Lipinski definition) is 3. The zero-order valence-electron chi connectivity index (χ0n) is 21.9. The van der Waals surface area contributed by atoms with Gasteiger partial charge in [-0.15, -0.1) is 10.2 Å². The molecule has 0 bridgehead atoms. The van der Waals surface area contributed by atoms with Crippen molar-refractivity contribution in [3.05, 3.63) is 24.0 Å². The molecule has 0 radical (unpaired) electrons. The van der Waals surface area contributed by atoms with Gasteiger partial charge in [-0.25, -0.2) is 9.78 Å². The molecule has 2 amide bonds. The van der Waals surface area contributed by atoms with Crippen molar-refractivity contribution >= 4 is 34.5 Å². The van der Waals surface area contributed by atoms with Crippen LogP contribution in [0.3, 0.4) is 0 Å². The average Bonchev–Trinajstić information content (AvgIpc) is 3.24. The zero-order chi connectivity index (χ0) is 26.2. The Kier molecular flexibility index (Phi) is 9.26. The normalized spacial score (nSPS) is 12.2. The Morgan fingerprint density at radius 3 is 2.53 bits per heavy atom. The molecule has 0 aliphatic carbocycles. The van der Waals surface area contributed by atoms with Gasteiger partial charge in [0.2, 0.25) is 11.6 Å². The van der Waals surface area contributed by atoms with Crippen molar-refractivity contribution in [3.8, 4) is 5.75 Å². The molecule has 3 N–H and O–H groups in total. The minimum atomic E-state index is -0.647. The Hall–Kier alpha value is -3.63. The molecule has 0 aliphatic rings. The van der Waals surface area contributed by atoms with Crippen LogP contribution in [-0.4, -0.2) is 64.4 Å². The highest BCUT2D eigenvalue weighted by Gasteiger charge is 2.24. The topological polar surface area (TPSA) is 132 Å². The van der Waals surface area contributed by atoms with E-state index >= 15 is 0 Å². The molecule has 0 spiro atoms. The van der Waals surface area contributed by atoms with Gasteiger partial charge >= 0.3 is 6.09 Å². The van der Waals surface area contributed by atoms with E-state index in [1.165, 1.54) is 0 Å². The summed E-state index contributed by atoms with van der Waals surface area (Å²) >= 11 is 0. The average molecular weight is 500 g/mol. The van der Waals surface area contributed by atoms with Crippen LogP contribution in [0.4, 0.5) is 10.6 Å². The Balaban J connectivity index is 1.51. The zero-order valence-corrected chi connectivity index (χ0v) is 21.9.